The molecule has 0 aliphatic rings. The maximum Gasteiger partial charge on any atom is 0.253 e. The van der Waals surface area contributed by atoms with Gasteiger partial charge in [-0.1, -0.05) is 23.7 Å². The first-order chi connectivity index (χ1) is 11.7. The first-order valence-electron chi connectivity index (χ1n) is 7.54. The number of amides is 1. The molecule has 0 aliphatic carbocycles. The Labute approximate surface area is 153 Å². The lowest BCUT2D eigenvalue weighted by Gasteiger charge is -2.19. The normalized spacial score (nSPS) is 11.2. The molecule has 2 aromatic carbocycles. The number of ether oxygens (including phenoxy) is 1. The standard InChI is InChI=1S/C18H20ClNO4S/c1-20(11-15-10-16(19)7-8-17(15)24-2)18(21)14-6-4-5-13(9-14)12-25(3,22)23/h4-10H,11-12H2,1-3H3. The molecule has 25 heavy (non-hydrogen) atoms. The van der Waals surface area contributed by atoms with Crippen LogP contribution in [0, 0.1) is 0 Å². The van der Waals surface area contributed by atoms with E-state index in [1.165, 1.54) is 11.2 Å². The van der Waals surface area contributed by atoms with Crippen LogP contribution in [0.4, 0.5) is 0 Å². The second-order valence-electron chi connectivity index (χ2n) is 5.89. The van der Waals surface area contributed by atoms with Gasteiger partial charge in [0.15, 0.2) is 9.84 Å². The van der Waals surface area contributed by atoms with Crippen LogP contribution in [0.1, 0.15) is 21.5 Å². The third-order valence-corrected chi connectivity index (χ3v) is 4.69. The summed E-state index contributed by atoms with van der Waals surface area (Å²) in [5, 5.41) is 0.562. The van der Waals surface area contributed by atoms with Crippen molar-refractivity contribution < 1.29 is 17.9 Å². The second kappa shape index (κ2) is 7.89. The van der Waals surface area contributed by atoms with Gasteiger partial charge in [0.1, 0.15) is 5.75 Å². The van der Waals surface area contributed by atoms with Gasteiger partial charge in [0, 0.05) is 36.0 Å². The van der Waals surface area contributed by atoms with E-state index in [-0.39, 0.29) is 11.7 Å². The van der Waals surface area contributed by atoms with Gasteiger partial charge in [0.2, 0.25) is 0 Å². The summed E-state index contributed by atoms with van der Waals surface area (Å²) in [4.78, 5) is 14.2. The summed E-state index contributed by atoms with van der Waals surface area (Å²) in [6.07, 6.45) is 1.17. The first kappa shape index (κ1) is 19.3. The van der Waals surface area contributed by atoms with Crippen molar-refractivity contribution in [3.8, 4) is 5.75 Å². The predicted molar refractivity (Wildman–Crippen MR) is 98.8 cm³/mol. The largest absolute Gasteiger partial charge is 0.496 e. The minimum absolute atomic E-state index is 0.0973. The van der Waals surface area contributed by atoms with Crippen molar-refractivity contribution in [1.82, 2.24) is 4.90 Å². The van der Waals surface area contributed by atoms with E-state index in [1.54, 1.807) is 56.6 Å². The molecule has 134 valence electrons. The average Bonchev–Trinajstić information content (AvgIpc) is 2.53. The van der Waals surface area contributed by atoms with E-state index in [4.69, 9.17) is 16.3 Å². The van der Waals surface area contributed by atoms with Crippen LogP contribution in [0.2, 0.25) is 5.02 Å². The Balaban J connectivity index is 2.20. The molecule has 1 amide bonds. The molecule has 0 fully saturated rings. The van der Waals surface area contributed by atoms with Crippen LogP contribution in [0.15, 0.2) is 42.5 Å². The maximum atomic E-state index is 12.7. The van der Waals surface area contributed by atoms with Crippen molar-refractivity contribution in [3.05, 3.63) is 64.2 Å². The van der Waals surface area contributed by atoms with Crippen LogP contribution in [-0.2, 0) is 22.1 Å². The lowest BCUT2D eigenvalue weighted by molar-refractivity contribution is 0.0784. The fourth-order valence-electron chi connectivity index (χ4n) is 2.52. The molecule has 2 aromatic rings. The van der Waals surface area contributed by atoms with E-state index in [9.17, 15) is 13.2 Å². The number of carbonyl (C=O) groups is 1. The Morgan fingerprint density at radius 1 is 1.20 bits per heavy atom. The molecule has 0 N–H and O–H groups in total. The molecule has 0 bridgehead atoms. The molecule has 5 nitrogen and oxygen atoms in total. The Kier molecular flexibility index (Phi) is 6.08. The molecule has 0 saturated carbocycles. The molecule has 0 spiro atoms. The molecule has 0 aromatic heterocycles. The highest BCUT2D eigenvalue weighted by Crippen LogP contribution is 2.24. The van der Waals surface area contributed by atoms with E-state index < -0.39 is 9.84 Å². The van der Waals surface area contributed by atoms with Gasteiger partial charge in [0.05, 0.1) is 12.9 Å². The van der Waals surface area contributed by atoms with Gasteiger partial charge in [-0.15, -0.1) is 0 Å². The molecule has 2 rings (SSSR count). The van der Waals surface area contributed by atoms with Gasteiger partial charge < -0.3 is 9.64 Å². The first-order valence-corrected chi connectivity index (χ1v) is 9.98. The molecule has 0 saturated heterocycles. The number of sulfone groups is 1. The molecular weight excluding hydrogens is 362 g/mol. The minimum Gasteiger partial charge on any atom is -0.496 e. The Morgan fingerprint density at radius 3 is 2.56 bits per heavy atom. The van der Waals surface area contributed by atoms with Crippen molar-refractivity contribution >= 4 is 27.3 Å². The van der Waals surface area contributed by atoms with Crippen molar-refractivity contribution in [2.45, 2.75) is 12.3 Å². The number of nitrogens with zero attached hydrogens (tertiary/aromatic N) is 1. The van der Waals surface area contributed by atoms with Gasteiger partial charge in [-0.05, 0) is 35.9 Å². The van der Waals surface area contributed by atoms with Gasteiger partial charge in [0.25, 0.3) is 5.91 Å². The topological polar surface area (TPSA) is 63.7 Å². The number of hydrogen-bond acceptors (Lipinski definition) is 4. The Morgan fingerprint density at radius 2 is 1.92 bits per heavy atom. The van der Waals surface area contributed by atoms with E-state index >= 15 is 0 Å². The molecule has 0 radical (unpaired) electrons. The number of carbonyl (C=O) groups excluding carboxylic acids is 1. The van der Waals surface area contributed by atoms with Gasteiger partial charge in [-0.3, -0.25) is 4.79 Å². The number of methoxy groups -OCH3 is 1. The quantitative estimate of drug-likeness (QED) is 0.771. The number of benzene rings is 2. The van der Waals surface area contributed by atoms with Crippen LogP contribution in [0.5, 0.6) is 5.75 Å². The van der Waals surface area contributed by atoms with Crippen LogP contribution < -0.4 is 4.74 Å². The van der Waals surface area contributed by atoms with E-state index in [0.29, 0.717) is 28.4 Å². The number of halogens is 1. The van der Waals surface area contributed by atoms with Gasteiger partial charge >= 0.3 is 0 Å². The number of rotatable bonds is 6. The number of hydrogen-bond donors (Lipinski definition) is 0. The fraction of sp³-hybridized carbons (Fsp3) is 0.278. The highest BCUT2D eigenvalue weighted by atomic mass is 35.5. The predicted octanol–water partition coefficient (Wildman–Crippen LogP) is 3.17. The fourth-order valence-corrected chi connectivity index (χ4v) is 3.50. The monoisotopic (exact) mass is 381 g/mol. The van der Waals surface area contributed by atoms with Crippen LogP contribution in [0.25, 0.3) is 0 Å². The summed E-state index contributed by atoms with van der Waals surface area (Å²) >= 11 is 6.02. The summed E-state index contributed by atoms with van der Waals surface area (Å²) in [6, 6.07) is 11.9. The van der Waals surface area contributed by atoms with Crippen molar-refractivity contribution in [3.63, 3.8) is 0 Å². The summed E-state index contributed by atoms with van der Waals surface area (Å²) in [5.74, 6) is 0.340. The lowest BCUT2D eigenvalue weighted by Crippen LogP contribution is -2.26. The van der Waals surface area contributed by atoms with Crippen molar-refractivity contribution in [1.29, 1.82) is 0 Å². The summed E-state index contributed by atoms with van der Waals surface area (Å²) < 4.78 is 28.2. The Hall–Kier alpha value is -2.05. The zero-order valence-electron chi connectivity index (χ0n) is 14.3. The second-order valence-corrected chi connectivity index (χ2v) is 8.46. The van der Waals surface area contributed by atoms with E-state index in [1.807, 2.05) is 0 Å². The van der Waals surface area contributed by atoms with E-state index in [2.05, 4.69) is 0 Å². The third kappa shape index (κ3) is 5.47. The summed E-state index contributed by atoms with van der Waals surface area (Å²) in [6.45, 7) is 0.318. The van der Waals surface area contributed by atoms with Crippen LogP contribution in [-0.4, -0.2) is 39.6 Å². The molecule has 7 heteroatoms. The lowest BCUT2D eigenvalue weighted by atomic mass is 10.1. The van der Waals surface area contributed by atoms with Crippen molar-refractivity contribution in [2.24, 2.45) is 0 Å². The third-order valence-electron chi connectivity index (χ3n) is 3.60. The highest BCUT2D eigenvalue weighted by molar-refractivity contribution is 7.89. The van der Waals surface area contributed by atoms with Gasteiger partial charge in [-0.25, -0.2) is 8.42 Å². The van der Waals surface area contributed by atoms with Crippen LogP contribution in [0.3, 0.4) is 0 Å². The van der Waals surface area contributed by atoms with E-state index in [0.717, 1.165) is 5.56 Å². The summed E-state index contributed by atoms with van der Waals surface area (Å²) in [7, 11) is 0.0730. The molecular formula is C18H20ClNO4S. The SMILES string of the molecule is COc1ccc(Cl)cc1CN(C)C(=O)c1cccc(CS(C)(=O)=O)c1. The molecule has 0 unspecified atom stereocenters. The Bertz CT molecular complexity index is 880. The zero-order valence-corrected chi connectivity index (χ0v) is 15.9. The molecule has 0 aliphatic heterocycles. The smallest absolute Gasteiger partial charge is 0.253 e. The highest BCUT2D eigenvalue weighted by Gasteiger charge is 2.16. The maximum absolute atomic E-state index is 12.7. The molecule has 0 atom stereocenters. The average molecular weight is 382 g/mol. The molecule has 0 heterocycles. The zero-order chi connectivity index (χ0) is 18.6. The summed E-state index contributed by atoms with van der Waals surface area (Å²) in [5.41, 5.74) is 1.81. The van der Waals surface area contributed by atoms with Crippen LogP contribution >= 0.6 is 11.6 Å². The minimum atomic E-state index is -3.16. The van der Waals surface area contributed by atoms with Gasteiger partial charge in [-0.2, -0.15) is 0 Å². The van der Waals surface area contributed by atoms with Crippen molar-refractivity contribution in [2.75, 3.05) is 20.4 Å².